The Kier molecular flexibility index (Phi) is 2.57. The molecule has 2 fully saturated rings. The standard InChI is InChI=1S/C13H24N2O/c1-8(14)10(16)15-11-12(2,3)9-5-6-13(11,4)7-9/h8-9,11H,5-7,14H2,1-4H3,(H,15,16). The summed E-state index contributed by atoms with van der Waals surface area (Å²) in [6, 6.07) is -0.115. The number of fused-ring (bicyclic) bond motifs is 2. The summed E-state index contributed by atoms with van der Waals surface area (Å²) in [5.41, 5.74) is 6.14. The van der Waals surface area contributed by atoms with Crippen molar-refractivity contribution in [3.63, 3.8) is 0 Å². The third-order valence-electron chi connectivity index (χ3n) is 4.97. The summed E-state index contributed by atoms with van der Waals surface area (Å²) in [4.78, 5) is 11.8. The highest BCUT2D eigenvalue weighted by Crippen LogP contribution is 2.62. The molecule has 4 atom stereocenters. The van der Waals surface area contributed by atoms with Crippen LogP contribution in [0.2, 0.25) is 0 Å². The average molecular weight is 224 g/mol. The smallest absolute Gasteiger partial charge is 0.236 e. The van der Waals surface area contributed by atoms with Gasteiger partial charge in [-0.1, -0.05) is 20.8 Å². The highest BCUT2D eigenvalue weighted by Gasteiger charge is 2.59. The molecule has 0 heterocycles. The van der Waals surface area contributed by atoms with Crippen LogP contribution in [0.25, 0.3) is 0 Å². The molecule has 1 amide bonds. The van der Waals surface area contributed by atoms with Crippen molar-refractivity contribution in [2.45, 2.75) is 59.0 Å². The first-order valence-electron chi connectivity index (χ1n) is 6.33. The second-order valence-electron chi connectivity index (χ2n) is 6.65. The second-order valence-corrected chi connectivity index (χ2v) is 6.65. The van der Waals surface area contributed by atoms with Gasteiger partial charge < -0.3 is 11.1 Å². The number of nitrogens with one attached hydrogen (secondary N) is 1. The molecule has 0 aromatic heterocycles. The summed E-state index contributed by atoms with van der Waals surface area (Å²) in [7, 11) is 0. The number of carbonyl (C=O) groups is 1. The molecule has 3 N–H and O–H groups in total. The number of carbonyl (C=O) groups excluding carboxylic acids is 1. The second kappa shape index (κ2) is 3.46. The van der Waals surface area contributed by atoms with E-state index in [-0.39, 0.29) is 17.4 Å². The van der Waals surface area contributed by atoms with Gasteiger partial charge in [0, 0.05) is 6.04 Å². The molecule has 3 heteroatoms. The predicted molar refractivity (Wildman–Crippen MR) is 64.8 cm³/mol. The fraction of sp³-hybridized carbons (Fsp3) is 0.923. The quantitative estimate of drug-likeness (QED) is 0.749. The van der Waals surface area contributed by atoms with Crippen LogP contribution < -0.4 is 11.1 Å². The van der Waals surface area contributed by atoms with Crippen LogP contribution in [0.3, 0.4) is 0 Å². The SMILES string of the molecule is CC(N)C(=O)NC1C2(C)CCC(C2)C1(C)C. The van der Waals surface area contributed by atoms with Crippen molar-refractivity contribution in [1.82, 2.24) is 5.32 Å². The molecule has 3 nitrogen and oxygen atoms in total. The molecule has 92 valence electrons. The lowest BCUT2D eigenvalue weighted by Gasteiger charge is -2.43. The molecular weight excluding hydrogens is 200 g/mol. The number of rotatable bonds is 2. The molecule has 2 aliphatic rings. The zero-order valence-electron chi connectivity index (χ0n) is 10.8. The van der Waals surface area contributed by atoms with E-state index in [9.17, 15) is 4.79 Å². The van der Waals surface area contributed by atoms with Gasteiger partial charge in [0.05, 0.1) is 6.04 Å². The minimum Gasteiger partial charge on any atom is -0.351 e. The van der Waals surface area contributed by atoms with Gasteiger partial charge in [0.2, 0.25) is 5.91 Å². The molecule has 2 bridgehead atoms. The molecule has 0 aromatic rings. The van der Waals surface area contributed by atoms with Gasteiger partial charge in [-0.15, -0.1) is 0 Å². The Morgan fingerprint density at radius 1 is 1.44 bits per heavy atom. The lowest BCUT2D eigenvalue weighted by molar-refractivity contribution is -0.124. The average Bonchev–Trinajstić information content (AvgIpc) is 2.63. The number of hydrogen-bond acceptors (Lipinski definition) is 2. The van der Waals surface area contributed by atoms with E-state index in [0.717, 1.165) is 5.92 Å². The van der Waals surface area contributed by atoms with E-state index < -0.39 is 6.04 Å². The van der Waals surface area contributed by atoms with Gasteiger partial charge in [0.15, 0.2) is 0 Å². The van der Waals surface area contributed by atoms with E-state index in [2.05, 4.69) is 26.1 Å². The summed E-state index contributed by atoms with van der Waals surface area (Å²) >= 11 is 0. The topological polar surface area (TPSA) is 55.1 Å². The molecule has 0 saturated heterocycles. The maximum atomic E-state index is 11.8. The molecule has 2 aliphatic carbocycles. The van der Waals surface area contributed by atoms with Crippen molar-refractivity contribution in [3.05, 3.63) is 0 Å². The molecule has 0 aliphatic heterocycles. The number of hydrogen-bond donors (Lipinski definition) is 2. The van der Waals surface area contributed by atoms with E-state index in [1.165, 1.54) is 19.3 Å². The Balaban J connectivity index is 2.17. The van der Waals surface area contributed by atoms with E-state index in [1.807, 2.05) is 0 Å². The van der Waals surface area contributed by atoms with Crippen LogP contribution in [-0.2, 0) is 4.79 Å². The maximum Gasteiger partial charge on any atom is 0.236 e. The predicted octanol–water partition coefficient (Wildman–Crippen LogP) is 1.66. The molecule has 0 radical (unpaired) electrons. The fourth-order valence-electron chi connectivity index (χ4n) is 3.94. The summed E-state index contributed by atoms with van der Waals surface area (Å²) in [6.07, 6.45) is 3.81. The first-order valence-corrected chi connectivity index (χ1v) is 6.33. The molecular formula is C13H24N2O. The van der Waals surface area contributed by atoms with Crippen LogP contribution in [0.1, 0.15) is 47.0 Å². The largest absolute Gasteiger partial charge is 0.351 e. The van der Waals surface area contributed by atoms with Gasteiger partial charge >= 0.3 is 0 Å². The number of nitrogens with two attached hydrogens (primary N) is 1. The normalized spacial score (nSPS) is 42.1. The molecule has 0 spiro atoms. The van der Waals surface area contributed by atoms with Crippen molar-refractivity contribution < 1.29 is 4.79 Å². The minimum atomic E-state index is -0.404. The third kappa shape index (κ3) is 1.56. The highest BCUT2D eigenvalue weighted by atomic mass is 16.2. The summed E-state index contributed by atoms with van der Waals surface area (Å²) < 4.78 is 0. The van der Waals surface area contributed by atoms with E-state index in [4.69, 9.17) is 5.73 Å². The summed E-state index contributed by atoms with van der Waals surface area (Å²) in [6.45, 7) is 8.63. The van der Waals surface area contributed by atoms with Crippen LogP contribution in [0, 0.1) is 16.7 Å². The lowest BCUT2D eigenvalue weighted by Crippen LogP contribution is -2.55. The molecule has 16 heavy (non-hydrogen) atoms. The zero-order chi connectivity index (χ0) is 12.1. The van der Waals surface area contributed by atoms with Crippen LogP contribution in [-0.4, -0.2) is 18.0 Å². The first-order chi connectivity index (χ1) is 7.27. The Hall–Kier alpha value is -0.570. The summed E-state index contributed by atoms with van der Waals surface area (Å²) in [5, 5.41) is 3.18. The molecule has 2 rings (SSSR count). The fourth-order valence-corrected chi connectivity index (χ4v) is 3.94. The van der Waals surface area contributed by atoms with Crippen LogP contribution in [0.5, 0.6) is 0 Å². The lowest BCUT2D eigenvalue weighted by atomic mass is 9.68. The molecule has 4 unspecified atom stereocenters. The van der Waals surface area contributed by atoms with Gasteiger partial charge in [0.25, 0.3) is 0 Å². The maximum absolute atomic E-state index is 11.8. The van der Waals surface area contributed by atoms with E-state index in [1.54, 1.807) is 6.92 Å². The van der Waals surface area contributed by atoms with Gasteiger partial charge in [-0.2, -0.15) is 0 Å². The Labute approximate surface area is 98.2 Å². The van der Waals surface area contributed by atoms with Crippen molar-refractivity contribution >= 4 is 5.91 Å². The highest BCUT2D eigenvalue weighted by molar-refractivity contribution is 5.81. The van der Waals surface area contributed by atoms with Crippen LogP contribution in [0.4, 0.5) is 0 Å². The van der Waals surface area contributed by atoms with Crippen LogP contribution in [0.15, 0.2) is 0 Å². The van der Waals surface area contributed by atoms with Crippen molar-refractivity contribution in [3.8, 4) is 0 Å². The number of amides is 1. The Bertz CT molecular complexity index is 306. The first kappa shape index (κ1) is 11.9. The van der Waals surface area contributed by atoms with Crippen molar-refractivity contribution in [2.24, 2.45) is 22.5 Å². The summed E-state index contributed by atoms with van der Waals surface area (Å²) in [5.74, 6) is 0.753. The minimum absolute atomic E-state index is 0.00755. The van der Waals surface area contributed by atoms with Gasteiger partial charge in [0.1, 0.15) is 0 Å². The van der Waals surface area contributed by atoms with Crippen molar-refractivity contribution in [2.75, 3.05) is 0 Å². The Morgan fingerprint density at radius 3 is 2.50 bits per heavy atom. The van der Waals surface area contributed by atoms with Crippen molar-refractivity contribution in [1.29, 1.82) is 0 Å². The van der Waals surface area contributed by atoms with Gasteiger partial charge in [-0.25, -0.2) is 0 Å². The monoisotopic (exact) mass is 224 g/mol. The van der Waals surface area contributed by atoms with E-state index >= 15 is 0 Å². The van der Waals surface area contributed by atoms with Gasteiger partial charge in [-0.05, 0) is 42.9 Å². The Morgan fingerprint density at radius 2 is 2.06 bits per heavy atom. The zero-order valence-corrected chi connectivity index (χ0v) is 10.8. The molecule has 0 aromatic carbocycles. The van der Waals surface area contributed by atoms with E-state index in [0.29, 0.717) is 5.41 Å². The third-order valence-corrected chi connectivity index (χ3v) is 4.97. The van der Waals surface area contributed by atoms with Gasteiger partial charge in [-0.3, -0.25) is 4.79 Å². The van der Waals surface area contributed by atoms with Crippen LogP contribution >= 0.6 is 0 Å². The molecule has 2 saturated carbocycles.